The van der Waals surface area contributed by atoms with E-state index in [1.54, 1.807) is 6.92 Å². The van der Waals surface area contributed by atoms with Crippen molar-refractivity contribution < 1.29 is 19.5 Å². The van der Waals surface area contributed by atoms with Gasteiger partial charge in [-0.25, -0.2) is 4.79 Å². The molecule has 0 aliphatic rings. The van der Waals surface area contributed by atoms with E-state index in [1.165, 1.54) is 12.5 Å². The Morgan fingerprint density at radius 1 is 1.16 bits per heavy atom. The minimum absolute atomic E-state index is 0.0620. The fourth-order valence-corrected chi connectivity index (χ4v) is 3.66. The van der Waals surface area contributed by atoms with Crippen LogP contribution in [0.15, 0.2) is 24.3 Å². The van der Waals surface area contributed by atoms with Crippen molar-refractivity contribution in [1.82, 2.24) is 4.31 Å². The minimum Gasteiger partial charge on any atom is -0.480 e. The molecule has 1 aromatic carbocycles. The van der Waals surface area contributed by atoms with E-state index in [-0.39, 0.29) is 10.9 Å². The number of carbonyl (C=O) groups is 3. The maximum atomic E-state index is 12.5. The zero-order valence-corrected chi connectivity index (χ0v) is 16.6. The van der Waals surface area contributed by atoms with Crippen molar-refractivity contribution in [3.8, 4) is 0 Å². The molecule has 2 atom stereocenters. The summed E-state index contributed by atoms with van der Waals surface area (Å²) in [5, 5.41) is 8.92. The number of benzene rings is 1. The topological polar surface area (TPSA) is 74.7 Å². The minimum atomic E-state index is -1.18. The van der Waals surface area contributed by atoms with E-state index >= 15 is 0 Å². The third-order valence-corrected chi connectivity index (χ3v) is 5.30. The van der Waals surface area contributed by atoms with Crippen molar-refractivity contribution in [1.29, 1.82) is 0 Å². The predicted molar refractivity (Wildman–Crippen MR) is 104 cm³/mol. The van der Waals surface area contributed by atoms with Crippen LogP contribution in [0.3, 0.4) is 0 Å². The first-order chi connectivity index (χ1) is 11.7. The van der Waals surface area contributed by atoms with E-state index in [1.807, 2.05) is 24.3 Å². The number of hydrogen-bond acceptors (Lipinski definition) is 5. The summed E-state index contributed by atoms with van der Waals surface area (Å²) in [6.45, 7) is 7.29. The number of carboxylic acid groups (broad SMARTS) is 1. The summed E-state index contributed by atoms with van der Waals surface area (Å²) in [4.78, 5) is 35.5. The van der Waals surface area contributed by atoms with Crippen molar-refractivity contribution >= 4 is 41.6 Å². The molecular weight excluding hydrogens is 358 g/mol. The number of amides is 1. The summed E-state index contributed by atoms with van der Waals surface area (Å²) in [6, 6.07) is 6.68. The van der Waals surface area contributed by atoms with Crippen LogP contribution in [-0.2, 0) is 20.8 Å². The number of hydrogen-bond donors (Lipinski definition) is 2. The smallest absolute Gasteiger partial charge is 0.328 e. The summed E-state index contributed by atoms with van der Waals surface area (Å²) in [5.41, 5.74) is 2.05. The van der Waals surface area contributed by atoms with E-state index in [9.17, 15) is 19.5 Å². The Balaban J connectivity index is 2.86. The molecule has 0 aliphatic carbocycles. The third-order valence-electron chi connectivity index (χ3n) is 3.72. The molecule has 5 nitrogen and oxygen atoms in total. The van der Waals surface area contributed by atoms with Crippen molar-refractivity contribution in [2.24, 2.45) is 5.92 Å². The zero-order valence-electron chi connectivity index (χ0n) is 14.9. The standard InChI is InChI=1S/C18H25NO4S2/c1-11(2)9-14-5-7-15(8-6-14)12(3)18(23)25-19(13(4)20)16(10-24)17(21)22/h5-8,11-12,16,24H,9-10H2,1-4H3,(H,21,22). The molecule has 1 amide bonds. The Labute approximate surface area is 158 Å². The van der Waals surface area contributed by atoms with E-state index in [2.05, 4.69) is 26.5 Å². The number of carboxylic acids is 1. The molecule has 7 heteroatoms. The maximum absolute atomic E-state index is 12.5. The second-order valence-electron chi connectivity index (χ2n) is 6.35. The summed E-state index contributed by atoms with van der Waals surface area (Å²) >= 11 is 4.62. The Morgan fingerprint density at radius 3 is 2.12 bits per heavy atom. The molecule has 1 N–H and O–H groups in total. The monoisotopic (exact) mass is 383 g/mol. The second-order valence-corrected chi connectivity index (χ2v) is 7.70. The summed E-state index contributed by atoms with van der Waals surface area (Å²) in [5.74, 6) is -1.63. The lowest BCUT2D eigenvalue weighted by Gasteiger charge is -2.25. The molecule has 0 aromatic heterocycles. The van der Waals surface area contributed by atoms with Gasteiger partial charge < -0.3 is 5.11 Å². The van der Waals surface area contributed by atoms with Gasteiger partial charge in [0.2, 0.25) is 11.0 Å². The first-order valence-corrected chi connectivity index (χ1v) is 9.52. The molecule has 2 unspecified atom stereocenters. The van der Waals surface area contributed by atoms with Gasteiger partial charge in [0.05, 0.1) is 5.92 Å². The van der Waals surface area contributed by atoms with Gasteiger partial charge in [0.25, 0.3) is 0 Å². The summed E-state index contributed by atoms with van der Waals surface area (Å²) < 4.78 is 0.987. The Bertz CT molecular complexity index is 616. The lowest BCUT2D eigenvalue weighted by molar-refractivity contribution is -0.144. The zero-order chi connectivity index (χ0) is 19.1. The molecule has 25 heavy (non-hydrogen) atoms. The first-order valence-electron chi connectivity index (χ1n) is 8.11. The van der Waals surface area contributed by atoms with Crippen LogP contribution in [0.1, 0.15) is 44.7 Å². The Morgan fingerprint density at radius 2 is 1.72 bits per heavy atom. The quantitative estimate of drug-likeness (QED) is 0.558. The van der Waals surface area contributed by atoms with Crippen LogP contribution in [0, 0.1) is 5.92 Å². The van der Waals surface area contributed by atoms with Crippen LogP contribution in [0.25, 0.3) is 0 Å². The molecule has 1 aromatic rings. The van der Waals surface area contributed by atoms with Gasteiger partial charge in [-0.3, -0.25) is 13.9 Å². The van der Waals surface area contributed by atoms with Gasteiger partial charge in [0.15, 0.2) is 0 Å². The highest BCUT2D eigenvalue weighted by Crippen LogP contribution is 2.27. The van der Waals surface area contributed by atoms with Crippen LogP contribution >= 0.6 is 24.6 Å². The number of rotatable bonds is 7. The maximum Gasteiger partial charge on any atom is 0.328 e. The molecule has 0 radical (unpaired) electrons. The van der Waals surface area contributed by atoms with Crippen LogP contribution in [0.2, 0.25) is 0 Å². The van der Waals surface area contributed by atoms with Crippen LogP contribution in [0.5, 0.6) is 0 Å². The Hall–Kier alpha value is -1.47. The van der Waals surface area contributed by atoms with Crippen molar-refractivity contribution in [2.45, 2.75) is 46.1 Å². The number of carbonyl (C=O) groups excluding carboxylic acids is 2. The van der Waals surface area contributed by atoms with Crippen molar-refractivity contribution in [2.75, 3.05) is 5.75 Å². The van der Waals surface area contributed by atoms with Gasteiger partial charge >= 0.3 is 5.97 Å². The molecular formula is C18H25NO4S2. The summed E-state index contributed by atoms with van der Waals surface area (Å²) in [7, 11) is 0. The highest BCUT2D eigenvalue weighted by atomic mass is 32.2. The van der Waals surface area contributed by atoms with Crippen LogP contribution in [0.4, 0.5) is 0 Å². The largest absolute Gasteiger partial charge is 0.480 e. The van der Waals surface area contributed by atoms with Gasteiger partial charge in [-0.2, -0.15) is 12.6 Å². The predicted octanol–water partition coefficient (Wildman–Crippen LogP) is 3.39. The highest BCUT2D eigenvalue weighted by molar-refractivity contribution is 8.12. The van der Waals surface area contributed by atoms with Gasteiger partial charge in [-0.15, -0.1) is 0 Å². The fourth-order valence-electron chi connectivity index (χ4n) is 2.33. The molecule has 0 saturated heterocycles. The average Bonchev–Trinajstić information content (AvgIpc) is 2.53. The van der Waals surface area contributed by atoms with Gasteiger partial charge in [-0.1, -0.05) is 45.0 Å². The normalized spacial score (nSPS) is 13.4. The van der Waals surface area contributed by atoms with Crippen molar-refractivity contribution in [3.05, 3.63) is 35.4 Å². The van der Waals surface area contributed by atoms with E-state index in [0.29, 0.717) is 17.9 Å². The average molecular weight is 384 g/mol. The van der Waals surface area contributed by atoms with E-state index < -0.39 is 23.8 Å². The van der Waals surface area contributed by atoms with E-state index in [0.717, 1.165) is 16.3 Å². The van der Waals surface area contributed by atoms with Gasteiger partial charge in [0.1, 0.15) is 6.04 Å². The lowest BCUT2D eigenvalue weighted by atomic mass is 9.97. The van der Waals surface area contributed by atoms with Gasteiger partial charge in [-0.05, 0) is 23.5 Å². The Kier molecular flexibility index (Phi) is 8.52. The molecule has 138 valence electrons. The van der Waals surface area contributed by atoms with Crippen molar-refractivity contribution in [3.63, 3.8) is 0 Å². The molecule has 0 saturated carbocycles. The molecule has 0 bridgehead atoms. The number of thiol groups is 1. The lowest BCUT2D eigenvalue weighted by Crippen LogP contribution is -2.42. The van der Waals surface area contributed by atoms with Gasteiger partial charge in [0, 0.05) is 24.6 Å². The molecule has 0 fully saturated rings. The molecule has 0 spiro atoms. The third kappa shape index (κ3) is 6.40. The molecule has 0 heterocycles. The second kappa shape index (κ2) is 9.87. The number of aliphatic carboxylic acids is 1. The number of nitrogens with zero attached hydrogens (tertiary/aromatic N) is 1. The van der Waals surface area contributed by atoms with E-state index in [4.69, 9.17) is 0 Å². The van der Waals surface area contributed by atoms with Crippen LogP contribution in [-0.4, -0.2) is 38.2 Å². The summed E-state index contributed by atoms with van der Waals surface area (Å²) in [6.07, 6.45) is 0.970. The highest BCUT2D eigenvalue weighted by Gasteiger charge is 2.31. The molecule has 0 aliphatic heterocycles. The van der Waals surface area contributed by atoms with Crippen LogP contribution < -0.4 is 0 Å². The fraction of sp³-hybridized carbons (Fsp3) is 0.500. The molecule has 1 rings (SSSR count). The SMILES string of the molecule is CC(=O)N(SC(=O)C(C)c1ccc(CC(C)C)cc1)C(CS)C(=O)O. The first kappa shape index (κ1) is 21.6.